The van der Waals surface area contributed by atoms with Crippen molar-refractivity contribution in [3.63, 3.8) is 0 Å². The second-order valence-electron chi connectivity index (χ2n) is 9.16. The summed E-state index contributed by atoms with van der Waals surface area (Å²) in [4.78, 5) is 70.2. The number of likely N-dealkylation sites (tertiary alicyclic amines) is 1. The number of carboxylic acids is 2. The summed E-state index contributed by atoms with van der Waals surface area (Å²) in [5.41, 5.74) is 7.45. The molecule has 1 aliphatic heterocycles. The lowest BCUT2D eigenvalue weighted by atomic mass is 10.0. The number of hydrogen-bond acceptors (Lipinski definition) is 7. The van der Waals surface area contributed by atoms with E-state index in [1.54, 1.807) is 0 Å². The van der Waals surface area contributed by atoms with Crippen LogP contribution in [0.4, 0.5) is 0 Å². The van der Waals surface area contributed by atoms with Crippen LogP contribution >= 0.6 is 0 Å². The molecule has 2 aromatic rings. The molecule has 13 nitrogen and oxygen atoms in total. The summed E-state index contributed by atoms with van der Waals surface area (Å²) in [6, 6.07) is 4.64. The Morgan fingerprint density at radius 1 is 1.05 bits per heavy atom. The Morgan fingerprint density at radius 2 is 1.76 bits per heavy atom. The number of hydrogen-bond donors (Lipinski definition) is 6. The summed E-state index contributed by atoms with van der Waals surface area (Å²) in [5.74, 6) is -4.36. The van der Waals surface area contributed by atoms with Gasteiger partial charge in [0, 0.05) is 31.3 Å². The van der Waals surface area contributed by atoms with Crippen molar-refractivity contribution >= 4 is 29.7 Å². The third kappa shape index (κ3) is 7.87. The van der Waals surface area contributed by atoms with Crippen LogP contribution in [0.3, 0.4) is 0 Å². The maximum absolute atomic E-state index is 13.3. The fourth-order valence-corrected chi connectivity index (χ4v) is 4.35. The molecule has 204 valence electrons. The van der Waals surface area contributed by atoms with Crippen LogP contribution in [0.25, 0.3) is 0 Å². The third-order valence-corrected chi connectivity index (χ3v) is 6.33. The average molecular weight is 529 g/mol. The minimum Gasteiger partial charge on any atom is -0.481 e. The number of amides is 3. The second-order valence-corrected chi connectivity index (χ2v) is 9.16. The molecule has 3 amide bonds. The SMILES string of the molecule is NC(Cc1ccccc1)C(=O)NC(Cc1cnc[nH]1)C(=O)NC(CCC(=O)O)C(=O)N1CCCC1C(=O)O. The number of benzene rings is 1. The molecule has 1 aliphatic rings. The number of nitrogens with two attached hydrogens (primary N) is 1. The Balaban J connectivity index is 1.75. The molecule has 1 aromatic carbocycles. The van der Waals surface area contributed by atoms with Crippen LogP contribution in [0.2, 0.25) is 0 Å². The normalized spacial score (nSPS) is 17.3. The van der Waals surface area contributed by atoms with Gasteiger partial charge in [0.2, 0.25) is 17.7 Å². The summed E-state index contributed by atoms with van der Waals surface area (Å²) < 4.78 is 0. The molecule has 0 radical (unpaired) electrons. The number of carboxylic acid groups (broad SMARTS) is 2. The first kappa shape index (κ1) is 28.3. The van der Waals surface area contributed by atoms with E-state index in [1.165, 1.54) is 12.5 Å². The molecule has 4 unspecified atom stereocenters. The highest BCUT2D eigenvalue weighted by atomic mass is 16.4. The van der Waals surface area contributed by atoms with E-state index >= 15 is 0 Å². The van der Waals surface area contributed by atoms with Crippen LogP contribution in [0.15, 0.2) is 42.9 Å². The van der Waals surface area contributed by atoms with Crippen molar-refractivity contribution in [2.75, 3.05) is 6.54 Å². The molecule has 0 bridgehead atoms. The zero-order valence-electron chi connectivity index (χ0n) is 20.7. The first-order valence-electron chi connectivity index (χ1n) is 12.3. The van der Waals surface area contributed by atoms with Crippen LogP contribution in [0.5, 0.6) is 0 Å². The summed E-state index contributed by atoms with van der Waals surface area (Å²) >= 11 is 0. The average Bonchev–Trinajstić information content (AvgIpc) is 3.58. The number of carbonyl (C=O) groups excluding carboxylic acids is 3. The summed E-state index contributed by atoms with van der Waals surface area (Å²) in [7, 11) is 0. The molecule has 0 saturated carbocycles. The number of aromatic amines is 1. The van der Waals surface area contributed by atoms with Crippen LogP contribution < -0.4 is 16.4 Å². The van der Waals surface area contributed by atoms with Crippen molar-refractivity contribution in [3.05, 3.63) is 54.1 Å². The number of aliphatic carboxylic acids is 2. The van der Waals surface area contributed by atoms with Crippen LogP contribution in [0.1, 0.15) is 36.9 Å². The van der Waals surface area contributed by atoms with Gasteiger partial charge >= 0.3 is 11.9 Å². The van der Waals surface area contributed by atoms with E-state index < -0.39 is 60.2 Å². The number of aromatic nitrogens is 2. The van der Waals surface area contributed by atoms with Gasteiger partial charge in [-0.3, -0.25) is 19.2 Å². The Bertz CT molecular complexity index is 1120. The molecule has 3 rings (SSSR count). The molecule has 2 heterocycles. The minimum absolute atomic E-state index is 0.00304. The smallest absolute Gasteiger partial charge is 0.326 e. The fraction of sp³-hybridized carbons (Fsp3) is 0.440. The molecule has 0 aliphatic carbocycles. The van der Waals surface area contributed by atoms with E-state index in [0.29, 0.717) is 12.1 Å². The van der Waals surface area contributed by atoms with E-state index in [1.807, 2.05) is 30.3 Å². The van der Waals surface area contributed by atoms with Gasteiger partial charge in [0.25, 0.3) is 0 Å². The van der Waals surface area contributed by atoms with Gasteiger partial charge < -0.3 is 36.5 Å². The molecule has 1 fully saturated rings. The first-order valence-corrected chi connectivity index (χ1v) is 12.3. The molecule has 13 heteroatoms. The van der Waals surface area contributed by atoms with Gasteiger partial charge in [-0.15, -0.1) is 0 Å². The minimum atomic E-state index is -1.29. The third-order valence-electron chi connectivity index (χ3n) is 6.33. The van der Waals surface area contributed by atoms with Gasteiger partial charge in [0.1, 0.15) is 18.1 Å². The van der Waals surface area contributed by atoms with Crippen molar-refractivity contribution in [2.45, 2.75) is 62.7 Å². The number of carbonyl (C=O) groups is 5. The molecule has 1 saturated heterocycles. The quantitative estimate of drug-likeness (QED) is 0.196. The van der Waals surface area contributed by atoms with E-state index in [2.05, 4.69) is 20.6 Å². The van der Waals surface area contributed by atoms with E-state index in [-0.39, 0.29) is 32.2 Å². The molecular formula is C25H32N6O7. The van der Waals surface area contributed by atoms with Crippen molar-refractivity contribution in [1.29, 1.82) is 0 Å². The van der Waals surface area contributed by atoms with Gasteiger partial charge in [-0.05, 0) is 31.2 Å². The van der Waals surface area contributed by atoms with Crippen LogP contribution in [-0.4, -0.2) is 85.5 Å². The largest absolute Gasteiger partial charge is 0.481 e. The predicted molar refractivity (Wildman–Crippen MR) is 134 cm³/mol. The highest BCUT2D eigenvalue weighted by molar-refractivity contribution is 5.94. The number of H-pyrrole nitrogens is 1. The van der Waals surface area contributed by atoms with Gasteiger partial charge in [-0.1, -0.05) is 30.3 Å². The second kappa shape index (κ2) is 13.3. The standard InChI is InChI=1S/C25H32N6O7/c26-17(11-15-5-2-1-3-6-15)22(34)30-19(12-16-13-27-14-28-16)23(35)29-18(8-9-21(32)33)24(36)31-10-4-7-20(31)25(37)38/h1-3,5-6,13-14,17-20H,4,7-12,26H2,(H,27,28)(H,29,35)(H,30,34)(H,32,33)(H,37,38). The van der Waals surface area contributed by atoms with Crippen molar-refractivity contribution in [2.24, 2.45) is 5.73 Å². The van der Waals surface area contributed by atoms with Crippen molar-refractivity contribution in [1.82, 2.24) is 25.5 Å². The Hall–Kier alpha value is -4.26. The molecular weight excluding hydrogens is 496 g/mol. The molecule has 1 aromatic heterocycles. The Morgan fingerprint density at radius 3 is 2.39 bits per heavy atom. The molecule has 38 heavy (non-hydrogen) atoms. The summed E-state index contributed by atoms with van der Waals surface area (Å²) in [6.45, 7) is 0.178. The van der Waals surface area contributed by atoms with Crippen LogP contribution in [0, 0.1) is 0 Å². The first-order chi connectivity index (χ1) is 18.2. The predicted octanol–water partition coefficient (Wildman–Crippen LogP) is -0.568. The maximum Gasteiger partial charge on any atom is 0.326 e. The zero-order valence-corrected chi connectivity index (χ0v) is 20.7. The highest BCUT2D eigenvalue weighted by Gasteiger charge is 2.38. The van der Waals surface area contributed by atoms with Gasteiger partial charge in [-0.2, -0.15) is 0 Å². The van der Waals surface area contributed by atoms with Crippen LogP contribution in [-0.2, 0) is 36.8 Å². The topological polar surface area (TPSA) is 208 Å². The van der Waals surface area contributed by atoms with E-state index in [4.69, 9.17) is 10.8 Å². The Kier molecular flexibility index (Phi) is 9.93. The lowest BCUT2D eigenvalue weighted by Gasteiger charge is -2.28. The Labute approximate surface area is 218 Å². The monoisotopic (exact) mass is 528 g/mol. The summed E-state index contributed by atoms with van der Waals surface area (Å²) in [6.07, 6.45) is 3.17. The molecule has 0 spiro atoms. The fourth-order valence-electron chi connectivity index (χ4n) is 4.35. The van der Waals surface area contributed by atoms with E-state index in [0.717, 1.165) is 10.5 Å². The maximum atomic E-state index is 13.3. The van der Waals surface area contributed by atoms with Crippen molar-refractivity contribution < 1.29 is 34.2 Å². The van der Waals surface area contributed by atoms with Crippen molar-refractivity contribution in [3.8, 4) is 0 Å². The van der Waals surface area contributed by atoms with Gasteiger partial charge in [-0.25, -0.2) is 9.78 Å². The lowest BCUT2D eigenvalue weighted by Crippen LogP contribution is -2.58. The summed E-state index contributed by atoms with van der Waals surface area (Å²) in [5, 5.41) is 23.8. The van der Waals surface area contributed by atoms with Gasteiger partial charge in [0.05, 0.1) is 12.4 Å². The molecule has 4 atom stereocenters. The zero-order chi connectivity index (χ0) is 27.7. The lowest BCUT2D eigenvalue weighted by molar-refractivity contribution is -0.150. The van der Waals surface area contributed by atoms with Gasteiger partial charge in [0.15, 0.2) is 0 Å². The number of rotatable bonds is 13. The van der Waals surface area contributed by atoms with E-state index in [9.17, 15) is 29.1 Å². The highest BCUT2D eigenvalue weighted by Crippen LogP contribution is 2.20. The number of nitrogens with zero attached hydrogens (tertiary/aromatic N) is 2. The molecule has 7 N–H and O–H groups in total. The number of imidazole rings is 1. The number of nitrogens with one attached hydrogen (secondary N) is 3.